The van der Waals surface area contributed by atoms with Gasteiger partial charge in [0.25, 0.3) is 11.8 Å². The molecule has 0 saturated carbocycles. The third kappa shape index (κ3) is 2.88. The molecular weight excluding hydrogens is 324 g/mol. The Labute approximate surface area is 143 Å². The van der Waals surface area contributed by atoms with Crippen molar-refractivity contribution in [3.63, 3.8) is 0 Å². The Morgan fingerprint density at radius 3 is 2.38 bits per heavy atom. The average molecular weight is 340 g/mol. The topological polar surface area (TPSA) is 66.5 Å². The smallest absolute Gasteiger partial charge is 0.273 e. The zero-order valence-electron chi connectivity index (χ0n) is 13.5. The normalized spacial score (nSPS) is 16.7. The number of urea groups is 1. The summed E-state index contributed by atoms with van der Waals surface area (Å²) in [5, 5.41) is 2.23. The number of thiophene rings is 1. The molecule has 1 N–H and O–H groups in total. The zero-order valence-corrected chi connectivity index (χ0v) is 14.4. The summed E-state index contributed by atoms with van der Waals surface area (Å²) in [5.74, 6) is -1.28. The first-order chi connectivity index (χ1) is 11.4. The van der Waals surface area contributed by atoms with Gasteiger partial charge in [-0.15, -0.1) is 11.3 Å². The SMILES string of the molecule is Cc1ccc(/C=C2\C(=O)NC(=O)N(c3ccc(C)c(C)c3)C2=O)s1. The van der Waals surface area contributed by atoms with Crippen molar-refractivity contribution in [3.8, 4) is 0 Å². The Bertz CT molecular complexity index is 895. The number of anilines is 1. The highest BCUT2D eigenvalue weighted by Crippen LogP contribution is 2.25. The molecule has 0 atom stereocenters. The monoisotopic (exact) mass is 340 g/mol. The molecule has 4 amide bonds. The van der Waals surface area contributed by atoms with Gasteiger partial charge in [-0.2, -0.15) is 0 Å². The number of hydrogen-bond acceptors (Lipinski definition) is 4. The first-order valence-corrected chi connectivity index (χ1v) is 8.23. The third-order valence-electron chi connectivity index (χ3n) is 3.90. The van der Waals surface area contributed by atoms with Crippen LogP contribution in [-0.4, -0.2) is 17.8 Å². The van der Waals surface area contributed by atoms with Crippen LogP contribution in [0.15, 0.2) is 35.9 Å². The van der Waals surface area contributed by atoms with Gasteiger partial charge in [-0.05, 0) is 62.2 Å². The van der Waals surface area contributed by atoms with E-state index in [0.717, 1.165) is 25.8 Å². The van der Waals surface area contributed by atoms with Gasteiger partial charge in [-0.25, -0.2) is 9.69 Å². The molecule has 0 aliphatic carbocycles. The van der Waals surface area contributed by atoms with E-state index in [2.05, 4.69) is 5.32 Å². The second-order valence-corrected chi connectivity index (χ2v) is 6.99. The molecule has 122 valence electrons. The summed E-state index contributed by atoms with van der Waals surface area (Å²) in [6.07, 6.45) is 1.52. The number of nitrogens with one attached hydrogen (secondary N) is 1. The fourth-order valence-corrected chi connectivity index (χ4v) is 3.25. The Morgan fingerprint density at radius 2 is 1.75 bits per heavy atom. The van der Waals surface area contributed by atoms with Crippen molar-refractivity contribution in [3.05, 3.63) is 56.8 Å². The Hall–Kier alpha value is -2.73. The molecule has 1 aliphatic rings. The Morgan fingerprint density at radius 1 is 1.00 bits per heavy atom. The highest BCUT2D eigenvalue weighted by molar-refractivity contribution is 7.12. The van der Waals surface area contributed by atoms with Crippen molar-refractivity contribution >= 4 is 40.9 Å². The summed E-state index contributed by atoms with van der Waals surface area (Å²) in [4.78, 5) is 39.8. The number of carbonyl (C=O) groups is 3. The van der Waals surface area contributed by atoms with Crippen molar-refractivity contribution in [2.24, 2.45) is 0 Å². The van der Waals surface area contributed by atoms with Gasteiger partial charge < -0.3 is 0 Å². The van der Waals surface area contributed by atoms with Crippen LogP contribution in [0.1, 0.15) is 20.9 Å². The molecule has 1 saturated heterocycles. The van der Waals surface area contributed by atoms with E-state index in [9.17, 15) is 14.4 Å². The van der Waals surface area contributed by atoms with Crippen LogP contribution in [0.3, 0.4) is 0 Å². The van der Waals surface area contributed by atoms with Gasteiger partial charge >= 0.3 is 6.03 Å². The molecular formula is C18H16N2O3S. The lowest BCUT2D eigenvalue weighted by Gasteiger charge is -2.26. The molecule has 1 aromatic carbocycles. The summed E-state index contributed by atoms with van der Waals surface area (Å²) in [6.45, 7) is 5.80. The molecule has 6 heteroatoms. The minimum absolute atomic E-state index is 0.0466. The number of carbonyl (C=O) groups excluding carboxylic acids is 3. The van der Waals surface area contributed by atoms with Crippen LogP contribution in [0.5, 0.6) is 0 Å². The lowest BCUT2D eigenvalue weighted by molar-refractivity contribution is -0.122. The second-order valence-electron chi connectivity index (χ2n) is 5.67. The molecule has 5 nitrogen and oxygen atoms in total. The van der Waals surface area contributed by atoms with Crippen molar-refractivity contribution in [2.75, 3.05) is 4.90 Å². The molecule has 1 fully saturated rings. The molecule has 0 radical (unpaired) electrons. The van der Waals surface area contributed by atoms with Crippen LogP contribution in [0, 0.1) is 20.8 Å². The molecule has 1 aromatic heterocycles. The van der Waals surface area contributed by atoms with Gasteiger partial charge in [-0.3, -0.25) is 14.9 Å². The number of rotatable bonds is 2. The molecule has 0 bridgehead atoms. The van der Waals surface area contributed by atoms with Crippen molar-refractivity contribution in [1.29, 1.82) is 0 Å². The summed E-state index contributed by atoms with van der Waals surface area (Å²) in [5.41, 5.74) is 2.42. The van der Waals surface area contributed by atoms with E-state index in [0.29, 0.717) is 5.69 Å². The Balaban J connectivity index is 2.02. The van der Waals surface area contributed by atoms with E-state index in [1.165, 1.54) is 17.4 Å². The van der Waals surface area contributed by atoms with Crippen molar-refractivity contribution in [2.45, 2.75) is 20.8 Å². The van der Waals surface area contributed by atoms with Gasteiger partial charge in [0, 0.05) is 9.75 Å². The number of benzene rings is 1. The van der Waals surface area contributed by atoms with E-state index < -0.39 is 17.8 Å². The largest absolute Gasteiger partial charge is 0.335 e. The fourth-order valence-electron chi connectivity index (χ4n) is 2.43. The van der Waals surface area contributed by atoms with Gasteiger partial charge in [-0.1, -0.05) is 6.07 Å². The minimum atomic E-state index is -0.729. The number of imide groups is 2. The predicted molar refractivity (Wildman–Crippen MR) is 94.0 cm³/mol. The highest BCUT2D eigenvalue weighted by atomic mass is 32.1. The minimum Gasteiger partial charge on any atom is -0.273 e. The fraction of sp³-hybridized carbons (Fsp3) is 0.167. The summed E-state index contributed by atoms with van der Waals surface area (Å²) in [6, 6.07) is 8.32. The number of aryl methyl sites for hydroxylation is 3. The van der Waals surface area contributed by atoms with Crippen LogP contribution in [0.4, 0.5) is 10.5 Å². The maximum atomic E-state index is 12.7. The lowest BCUT2D eigenvalue weighted by atomic mass is 10.1. The quantitative estimate of drug-likeness (QED) is 0.673. The third-order valence-corrected chi connectivity index (χ3v) is 4.85. The predicted octanol–water partition coefficient (Wildman–Crippen LogP) is 3.34. The molecule has 1 aliphatic heterocycles. The van der Waals surface area contributed by atoms with Gasteiger partial charge in [0.05, 0.1) is 5.69 Å². The van der Waals surface area contributed by atoms with E-state index in [1.807, 2.05) is 39.0 Å². The molecule has 2 aromatic rings. The number of amides is 4. The number of barbiturate groups is 1. The van der Waals surface area contributed by atoms with Crippen LogP contribution in [0.25, 0.3) is 6.08 Å². The maximum Gasteiger partial charge on any atom is 0.335 e. The summed E-state index contributed by atoms with van der Waals surface area (Å²) < 4.78 is 0. The van der Waals surface area contributed by atoms with Crippen LogP contribution < -0.4 is 10.2 Å². The van der Waals surface area contributed by atoms with Crippen LogP contribution in [-0.2, 0) is 9.59 Å². The van der Waals surface area contributed by atoms with Crippen LogP contribution >= 0.6 is 11.3 Å². The zero-order chi connectivity index (χ0) is 17.4. The van der Waals surface area contributed by atoms with Gasteiger partial charge in [0.2, 0.25) is 0 Å². The maximum absolute atomic E-state index is 12.7. The van der Waals surface area contributed by atoms with E-state index >= 15 is 0 Å². The molecule has 0 unspecified atom stereocenters. The van der Waals surface area contributed by atoms with E-state index in [4.69, 9.17) is 0 Å². The highest BCUT2D eigenvalue weighted by Gasteiger charge is 2.36. The molecule has 3 rings (SSSR count). The molecule has 0 spiro atoms. The lowest BCUT2D eigenvalue weighted by Crippen LogP contribution is -2.54. The van der Waals surface area contributed by atoms with Crippen molar-refractivity contribution in [1.82, 2.24) is 5.32 Å². The van der Waals surface area contributed by atoms with Crippen molar-refractivity contribution < 1.29 is 14.4 Å². The summed E-state index contributed by atoms with van der Waals surface area (Å²) >= 11 is 1.48. The van der Waals surface area contributed by atoms with E-state index in [1.54, 1.807) is 12.1 Å². The Kier molecular flexibility index (Phi) is 4.07. The molecule has 24 heavy (non-hydrogen) atoms. The molecule has 2 heterocycles. The second kappa shape index (κ2) is 6.05. The number of nitrogens with zero attached hydrogens (tertiary/aromatic N) is 1. The van der Waals surface area contributed by atoms with Gasteiger partial charge in [0.1, 0.15) is 5.57 Å². The average Bonchev–Trinajstić information content (AvgIpc) is 2.92. The number of hydrogen-bond donors (Lipinski definition) is 1. The first-order valence-electron chi connectivity index (χ1n) is 7.42. The summed E-state index contributed by atoms with van der Waals surface area (Å²) in [7, 11) is 0. The van der Waals surface area contributed by atoms with Gasteiger partial charge in [0.15, 0.2) is 0 Å². The van der Waals surface area contributed by atoms with Crippen LogP contribution in [0.2, 0.25) is 0 Å². The van der Waals surface area contributed by atoms with E-state index in [-0.39, 0.29) is 5.57 Å². The standard InChI is InChI=1S/C18H16N2O3S/c1-10-4-6-13(8-11(10)2)20-17(22)15(16(21)19-18(20)23)9-14-7-5-12(3)24-14/h4-9H,1-3H3,(H,19,21,23)/b15-9+. The first kappa shape index (κ1) is 16.1.